The summed E-state index contributed by atoms with van der Waals surface area (Å²) in [6, 6.07) is 1.87. The lowest BCUT2D eigenvalue weighted by atomic mass is 10.4. The highest BCUT2D eigenvalue weighted by Crippen LogP contribution is 2.16. The van der Waals surface area contributed by atoms with Crippen LogP contribution in [-0.2, 0) is 11.5 Å². The van der Waals surface area contributed by atoms with Crippen LogP contribution in [-0.4, -0.2) is 21.1 Å². The van der Waals surface area contributed by atoms with E-state index in [-0.39, 0.29) is 0 Å². The van der Waals surface area contributed by atoms with Gasteiger partial charge in [0.15, 0.2) is 5.82 Å². The van der Waals surface area contributed by atoms with E-state index in [1.54, 1.807) is 12.5 Å². The highest BCUT2D eigenvalue weighted by molar-refractivity contribution is 5.84. The molecular formula is C9H12N4O. The summed E-state index contributed by atoms with van der Waals surface area (Å²) in [4.78, 5) is 8.13. The van der Waals surface area contributed by atoms with E-state index in [1.807, 2.05) is 17.6 Å². The quantitative estimate of drug-likeness (QED) is 0.788. The van der Waals surface area contributed by atoms with E-state index in [9.17, 15) is 0 Å². The largest absolute Gasteiger partial charge is 0.382 e. The van der Waals surface area contributed by atoms with Gasteiger partial charge in [-0.25, -0.2) is 9.97 Å². The predicted molar refractivity (Wildman–Crippen MR) is 53.6 cm³/mol. The Morgan fingerprint density at radius 3 is 3.14 bits per heavy atom. The summed E-state index contributed by atoms with van der Waals surface area (Å²) in [6.45, 7) is 3.13. The molecule has 2 heterocycles. The van der Waals surface area contributed by atoms with Gasteiger partial charge in [-0.1, -0.05) is 0 Å². The molecule has 14 heavy (non-hydrogen) atoms. The second-order valence-electron chi connectivity index (χ2n) is 2.90. The van der Waals surface area contributed by atoms with Crippen LogP contribution < -0.4 is 5.73 Å². The summed E-state index contributed by atoms with van der Waals surface area (Å²) in [6.07, 6.45) is 3.38. The normalized spacial score (nSPS) is 10.9. The number of imidazole rings is 1. The fourth-order valence-corrected chi connectivity index (χ4v) is 1.31. The second kappa shape index (κ2) is 3.63. The van der Waals surface area contributed by atoms with Gasteiger partial charge in [-0.3, -0.25) is 0 Å². The zero-order valence-electron chi connectivity index (χ0n) is 7.97. The van der Waals surface area contributed by atoms with Crippen molar-refractivity contribution in [2.24, 2.45) is 0 Å². The number of hydrogen-bond acceptors (Lipinski definition) is 4. The highest BCUT2D eigenvalue weighted by Gasteiger charge is 2.04. The fraction of sp³-hybridized carbons (Fsp3) is 0.333. The number of nitrogens with zero attached hydrogens (tertiary/aromatic N) is 3. The van der Waals surface area contributed by atoms with Gasteiger partial charge in [0.2, 0.25) is 0 Å². The molecule has 0 atom stereocenters. The summed E-state index contributed by atoms with van der Waals surface area (Å²) in [7, 11) is 0. The molecule has 0 spiro atoms. The van der Waals surface area contributed by atoms with Crippen molar-refractivity contribution in [3.05, 3.63) is 18.6 Å². The summed E-state index contributed by atoms with van der Waals surface area (Å²) >= 11 is 0. The van der Waals surface area contributed by atoms with Crippen molar-refractivity contribution in [1.29, 1.82) is 0 Å². The fourth-order valence-electron chi connectivity index (χ4n) is 1.31. The van der Waals surface area contributed by atoms with E-state index in [0.29, 0.717) is 19.2 Å². The number of nitrogens with two attached hydrogens (primary N) is 1. The minimum Gasteiger partial charge on any atom is -0.382 e. The van der Waals surface area contributed by atoms with Gasteiger partial charge in [0.05, 0.1) is 11.8 Å². The molecule has 2 N–H and O–H groups in total. The van der Waals surface area contributed by atoms with Crippen LogP contribution in [0.15, 0.2) is 18.6 Å². The van der Waals surface area contributed by atoms with Crippen molar-refractivity contribution < 1.29 is 4.74 Å². The Kier molecular flexibility index (Phi) is 2.32. The smallest absolute Gasteiger partial charge is 0.151 e. The van der Waals surface area contributed by atoms with Gasteiger partial charge in [-0.05, 0) is 13.0 Å². The summed E-state index contributed by atoms with van der Waals surface area (Å²) in [5, 5.41) is 0. The van der Waals surface area contributed by atoms with Crippen LogP contribution in [0.25, 0.3) is 11.0 Å². The number of nitrogen functional groups attached to an aromatic ring is 1. The molecular weight excluding hydrogens is 180 g/mol. The molecule has 0 aliphatic rings. The van der Waals surface area contributed by atoms with E-state index in [2.05, 4.69) is 9.97 Å². The Morgan fingerprint density at radius 2 is 2.36 bits per heavy atom. The standard InChI is InChI=1S/C9H12N4O/c1-2-14-6-13-5-12-8-7(13)3-4-11-9(8)10/h3-5H,2,6H2,1H3,(H2,10,11). The SMILES string of the molecule is CCOCn1cnc2c(N)nccc21. The minimum absolute atomic E-state index is 0.456. The zero-order valence-corrected chi connectivity index (χ0v) is 7.97. The molecule has 0 amide bonds. The summed E-state index contributed by atoms with van der Waals surface area (Å²) in [5.41, 5.74) is 7.35. The molecule has 2 aromatic rings. The number of fused-ring (bicyclic) bond motifs is 1. The second-order valence-corrected chi connectivity index (χ2v) is 2.90. The summed E-state index contributed by atoms with van der Waals surface area (Å²) in [5.74, 6) is 0.456. The minimum atomic E-state index is 0.456. The lowest BCUT2D eigenvalue weighted by Gasteiger charge is -2.03. The van der Waals surface area contributed by atoms with E-state index in [1.165, 1.54) is 0 Å². The zero-order chi connectivity index (χ0) is 9.97. The van der Waals surface area contributed by atoms with Crippen LogP contribution in [0.1, 0.15) is 6.92 Å². The Hall–Kier alpha value is -1.62. The van der Waals surface area contributed by atoms with Gasteiger partial charge in [-0.2, -0.15) is 0 Å². The van der Waals surface area contributed by atoms with E-state index < -0.39 is 0 Å². The highest BCUT2D eigenvalue weighted by atomic mass is 16.5. The molecule has 0 fully saturated rings. The van der Waals surface area contributed by atoms with Crippen molar-refractivity contribution in [2.45, 2.75) is 13.7 Å². The average molecular weight is 192 g/mol. The van der Waals surface area contributed by atoms with Crippen LogP contribution in [0.3, 0.4) is 0 Å². The first-order chi connectivity index (χ1) is 6.83. The van der Waals surface area contributed by atoms with Gasteiger partial charge in [0.1, 0.15) is 12.2 Å². The van der Waals surface area contributed by atoms with E-state index in [0.717, 1.165) is 11.0 Å². The van der Waals surface area contributed by atoms with Gasteiger partial charge >= 0.3 is 0 Å². The van der Waals surface area contributed by atoms with Gasteiger partial charge < -0.3 is 15.0 Å². The van der Waals surface area contributed by atoms with Crippen LogP contribution >= 0.6 is 0 Å². The number of anilines is 1. The van der Waals surface area contributed by atoms with E-state index >= 15 is 0 Å². The Morgan fingerprint density at radius 1 is 1.50 bits per heavy atom. The van der Waals surface area contributed by atoms with Crippen molar-refractivity contribution in [3.63, 3.8) is 0 Å². The number of ether oxygens (including phenoxy) is 1. The average Bonchev–Trinajstić information content (AvgIpc) is 2.60. The predicted octanol–water partition coefficient (Wildman–Crippen LogP) is 1.01. The number of rotatable bonds is 3. The Balaban J connectivity index is 2.42. The molecule has 0 aromatic carbocycles. The molecule has 0 radical (unpaired) electrons. The lowest BCUT2D eigenvalue weighted by molar-refractivity contribution is 0.0905. The Labute approximate surface area is 81.5 Å². The number of aromatic nitrogens is 3. The van der Waals surface area contributed by atoms with Crippen LogP contribution in [0.4, 0.5) is 5.82 Å². The van der Waals surface area contributed by atoms with Gasteiger partial charge in [0.25, 0.3) is 0 Å². The monoisotopic (exact) mass is 192 g/mol. The topological polar surface area (TPSA) is 66.0 Å². The third kappa shape index (κ3) is 1.42. The molecule has 74 valence electrons. The molecule has 2 aromatic heterocycles. The van der Waals surface area contributed by atoms with Crippen molar-refractivity contribution >= 4 is 16.9 Å². The van der Waals surface area contributed by atoms with E-state index in [4.69, 9.17) is 10.5 Å². The van der Waals surface area contributed by atoms with Crippen LogP contribution in [0.5, 0.6) is 0 Å². The molecule has 0 aliphatic heterocycles. The molecule has 0 aliphatic carbocycles. The molecule has 0 unspecified atom stereocenters. The number of pyridine rings is 1. The van der Waals surface area contributed by atoms with Gasteiger partial charge in [-0.15, -0.1) is 0 Å². The van der Waals surface area contributed by atoms with Crippen molar-refractivity contribution in [3.8, 4) is 0 Å². The third-order valence-corrected chi connectivity index (χ3v) is 2.00. The maximum absolute atomic E-state index is 5.67. The first kappa shape index (κ1) is 8.96. The molecule has 0 saturated heterocycles. The third-order valence-electron chi connectivity index (χ3n) is 2.00. The van der Waals surface area contributed by atoms with Crippen LogP contribution in [0, 0.1) is 0 Å². The number of hydrogen-bond donors (Lipinski definition) is 1. The van der Waals surface area contributed by atoms with Crippen molar-refractivity contribution in [1.82, 2.24) is 14.5 Å². The molecule has 5 heteroatoms. The Bertz CT molecular complexity index is 437. The summed E-state index contributed by atoms with van der Waals surface area (Å²) < 4.78 is 7.19. The van der Waals surface area contributed by atoms with Crippen LogP contribution in [0.2, 0.25) is 0 Å². The van der Waals surface area contributed by atoms with Gasteiger partial charge in [0, 0.05) is 12.8 Å². The first-order valence-electron chi connectivity index (χ1n) is 4.46. The molecule has 0 saturated carbocycles. The van der Waals surface area contributed by atoms with Crippen molar-refractivity contribution in [2.75, 3.05) is 12.3 Å². The molecule has 2 rings (SSSR count). The molecule has 0 bridgehead atoms. The first-order valence-corrected chi connectivity index (χ1v) is 4.46. The maximum Gasteiger partial charge on any atom is 0.151 e. The molecule has 5 nitrogen and oxygen atoms in total. The lowest BCUT2D eigenvalue weighted by Crippen LogP contribution is -2.00. The maximum atomic E-state index is 5.67.